The second-order valence-electron chi connectivity index (χ2n) is 4.06. The molecule has 6 heteroatoms. The number of ether oxygens (including phenoxy) is 1. The molecule has 0 aliphatic heterocycles. The molecule has 0 spiro atoms. The Bertz CT molecular complexity index is 625. The van der Waals surface area contributed by atoms with E-state index in [0.717, 1.165) is 14.8 Å². The van der Waals surface area contributed by atoms with E-state index in [0.29, 0.717) is 4.88 Å². The van der Waals surface area contributed by atoms with Gasteiger partial charge in [0.2, 0.25) is 0 Å². The smallest absolute Gasteiger partial charge is 0.348 e. The van der Waals surface area contributed by atoms with Crippen LogP contribution < -0.4 is 5.32 Å². The SMILES string of the molecule is Cc1cc(I)ccc1NC(=O)COC(=O)c1cccs1. The first-order valence-electron chi connectivity index (χ1n) is 5.83. The molecule has 0 fully saturated rings. The molecule has 0 aliphatic carbocycles. The third kappa shape index (κ3) is 4.04. The van der Waals surface area contributed by atoms with Crippen LogP contribution in [-0.4, -0.2) is 18.5 Å². The van der Waals surface area contributed by atoms with Crippen molar-refractivity contribution in [1.29, 1.82) is 0 Å². The van der Waals surface area contributed by atoms with Crippen molar-refractivity contribution in [2.45, 2.75) is 6.92 Å². The monoisotopic (exact) mass is 401 g/mol. The van der Waals surface area contributed by atoms with Crippen LogP contribution in [0.1, 0.15) is 15.2 Å². The van der Waals surface area contributed by atoms with Gasteiger partial charge in [0, 0.05) is 9.26 Å². The molecule has 0 saturated heterocycles. The Morgan fingerprint density at radius 3 is 2.80 bits per heavy atom. The molecule has 0 unspecified atom stereocenters. The standard InChI is InChI=1S/C14H12INO3S/c1-9-7-10(15)4-5-11(9)16-13(17)8-19-14(18)12-3-2-6-20-12/h2-7H,8H2,1H3,(H,16,17). The number of aryl methyl sites for hydroxylation is 1. The summed E-state index contributed by atoms with van der Waals surface area (Å²) in [7, 11) is 0. The van der Waals surface area contributed by atoms with Gasteiger partial charge >= 0.3 is 5.97 Å². The molecular formula is C14H12INO3S. The number of carbonyl (C=O) groups excluding carboxylic acids is 2. The van der Waals surface area contributed by atoms with Gasteiger partial charge in [-0.25, -0.2) is 4.79 Å². The van der Waals surface area contributed by atoms with Crippen molar-refractivity contribution in [3.63, 3.8) is 0 Å². The van der Waals surface area contributed by atoms with E-state index in [2.05, 4.69) is 27.9 Å². The van der Waals surface area contributed by atoms with Crippen LogP contribution >= 0.6 is 33.9 Å². The second kappa shape index (κ2) is 6.85. The predicted octanol–water partition coefficient (Wildman–Crippen LogP) is 3.46. The molecule has 0 atom stereocenters. The van der Waals surface area contributed by atoms with Crippen LogP contribution in [0.5, 0.6) is 0 Å². The van der Waals surface area contributed by atoms with Crippen LogP contribution in [0.25, 0.3) is 0 Å². The number of thiophene rings is 1. The number of anilines is 1. The van der Waals surface area contributed by atoms with Crippen molar-refractivity contribution in [3.05, 3.63) is 49.7 Å². The van der Waals surface area contributed by atoms with Gasteiger partial charge in [-0.3, -0.25) is 4.79 Å². The molecule has 1 amide bonds. The van der Waals surface area contributed by atoms with E-state index in [-0.39, 0.29) is 12.5 Å². The van der Waals surface area contributed by atoms with Gasteiger partial charge in [-0.2, -0.15) is 0 Å². The lowest BCUT2D eigenvalue weighted by molar-refractivity contribution is -0.119. The fraction of sp³-hybridized carbons (Fsp3) is 0.143. The van der Waals surface area contributed by atoms with Crippen molar-refractivity contribution >= 4 is 51.5 Å². The van der Waals surface area contributed by atoms with E-state index < -0.39 is 5.97 Å². The summed E-state index contributed by atoms with van der Waals surface area (Å²) in [6, 6.07) is 9.12. The van der Waals surface area contributed by atoms with Gasteiger partial charge < -0.3 is 10.1 Å². The lowest BCUT2D eigenvalue weighted by atomic mass is 10.2. The predicted molar refractivity (Wildman–Crippen MR) is 87.1 cm³/mol. The number of esters is 1. The number of nitrogens with one attached hydrogen (secondary N) is 1. The van der Waals surface area contributed by atoms with Crippen molar-refractivity contribution < 1.29 is 14.3 Å². The summed E-state index contributed by atoms with van der Waals surface area (Å²) in [5.74, 6) is -0.825. The van der Waals surface area contributed by atoms with E-state index in [1.165, 1.54) is 11.3 Å². The molecule has 2 aromatic rings. The summed E-state index contributed by atoms with van der Waals surface area (Å²) >= 11 is 3.49. The molecule has 1 heterocycles. The third-order valence-electron chi connectivity index (χ3n) is 2.52. The van der Waals surface area contributed by atoms with Crippen LogP contribution in [-0.2, 0) is 9.53 Å². The number of amides is 1. The highest BCUT2D eigenvalue weighted by molar-refractivity contribution is 14.1. The molecule has 1 aromatic carbocycles. The summed E-state index contributed by atoms with van der Waals surface area (Å²) in [5.41, 5.74) is 1.69. The number of rotatable bonds is 4. The Morgan fingerprint density at radius 1 is 1.35 bits per heavy atom. The molecule has 2 rings (SSSR count). The molecule has 0 saturated carbocycles. The highest BCUT2D eigenvalue weighted by Gasteiger charge is 2.11. The minimum Gasteiger partial charge on any atom is -0.451 e. The molecule has 4 nitrogen and oxygen atoms in total. The van der Waals surface area contributed by atoms with Crippen molar-refractivity contribution in [2.75, 3.05) is 11.9 Å². The Morgan fingerprint density at radius 2 is 2.15 bits per heavy atom. The topological polar surface area (TPSA) is 55.4 Å². The maximum Gasteiger partial charge on any atom is 0.348 e. The second-order valence-corrected chi connectivity index (χ2v) is 6.25. The number of halogens is 1. The van der Waals surface area contributed by atoms with E-state index in [4.69, 9.17) is 4.74 Å². The third-order valence-corrected chi connectivity index (χ3v) is 4.04. The number of carbonyl (C=O) groups is 2. The van der Waals surface area contributed by atoms with Gasteiger partial charge in [0.1, 0.15) is 4.88 Å². The summed E-state index contributed by atoms with van der Waals surface area (Å²) < 4.78 is 6.04. The molecule has 104 valence electrons. The number of hydrogen-bond acceptors (Lipinski definition) is 4. The van der Waals surface area contributed by atoms with Crippen LogP contribution in [0.4, 0.5) is 5.69 Å². The zero-order valence-electron chi connectivity index (χ0n) is 10.7. The molecule has 1 aromatic heterocycles. The maximum absolute atomic E-state index is 11.7. The Labute approximate surface area is 134 Å². The Balaban J connectivity index is 1.88. The Hall–Kier alpha value is -1.41. The fourth-order valence-electron chi connectivity index (χ4n) is 1.55. The van der Waals surface area contributed by atoms with Gasteiger partial charge in [-0.1, -0.05) is 6.07 Å². The zero-order valence-corrected chi connectivity index (χ0v) is 13.7. The zero-order chi connectivity index (χ0) is 14.5. The van der Waals surface area contributed by atoms with Crippen LogP contribution in [0, 0.1) is 10.5 Å². The molecule has 20 heavy (non-hydrogen) atoms. The van der Waals surface area contributed by atoms with Gasteiger partial charge in [0.15, 0.2) is 6.61 Å². The molecule has 0 aliphatic rings. The molecule has 0 radical (unpaired) electrons. The summed E-state index contributed by atoms with van der Waals surface area (Å²) in [5, 5.41) is 4.51. The lowest BCUT2D eigenvalue weighted by Crippen LogP contribution is -2.21. The normalized spacial score (nSPS) is 10.1. The van der Waals surface area contributed by atoms with E-state index in [1.807, 2.05) is 25.1 Å². The van der Waals surface area contributed by atoms with E-state index >= 15 is 0 Å². The largest absolute Gasteiger partial charge is 0.451 e. The molecule has 1 N–H and O–H groups in total. The lowest BCUT2D eigenvalue weighted by Gasteiger charge is -2.09. The van der Waals surface area contributed by atoms with Gasteiger partial charge in [-0.15, -0.1) is 11.3 Å². The number of hydrogen-bond donors (Lipinski definition) is 1. The minimum atomic E-state index is -0.477. The highest BCUT2D eigenvalue weighted by Crippen LogP contribution is 2.17. The highest BCUT2D eigenvalue weighted by atomic mass is 127. The summed E-state index contributed by atoms with van der Waals surface area (Å²) in [6.07, 6.45) is 0. The van der Waals surface area contributed by atoms with Gasteiger partial charge in [-0.05, 0) is 64.7 Å². The average Bonchev–Trinajstić information content (AvgIpc) is 2.93. The van der Waals surface area contributed by atoms with Gasteiger partial charge in [0.25, 0.3) is 5.91 Å². The quantitative estimate of drug-likeness (QED) is 0.631. The van der Waals surface area contributed by atoms with Crippen molar-refractivity contribution in [1.82, 2.24) is 0 Å². The van der Waals surface area contributed by atoms with Crippen molar-refractivity contribution in [2.24, 2.45) is 0 Å². The van der Waals surface area contributed by atoms with Crippen molar-refractivity contribution in [3.8, 4) is 0 Å². The van der Waals surface area contributed by atoms with E-state index in [1.54, 1.807) is 17.5 Å². The maximum atomic E-state index is 11.7. The summed E-state index contributed by atoms with van der Waals surface area (Å²) in [4.78, 5) is 23.8. The molecule has 0 bridgehead atoms. The first kappa shape index (κ1) is 15.0. The molecular weight excluding hydrogens is 389 g/mol. The van der Waals surface area contributed by atoms with E-state index in [9.17, 15) is 9.59 Å². The van der Waals surface area contributed by atoms with Crippen LogP contribution in [0.2, 0.25) is 0 Å². The fourth-order valence-corrected chi connectivity index (χ4v) is 2.81. The summed E-state index contributed by atoms with van der Waals surface area (Å²) in [6.45, 7) is 1.62. The minimum absolute atomic E-state index is 0.290. The first-order chi connectivity index (χ1) is 9.56. The van der Waals surface area contributed by atoms with Crippen LogP contribution in [0.3, 0.4) is 0 Å². The average molecular weight is 401 g/mol. The van der Waals surface area contributed by atoms with Crippen LogP contribution in [0.15, 0.2) is 35.7 Å². The first-order valence-corrected chi connectivity index (χ1v) is 7.79. The Kier molecular flexibility index (Phi) is 5.13. The number of benzene rings is 1. The van der Waals surface area contributed by atoms with Gasteiger partial charge in [0.05, 0.1) is 0 Å².